The van der Waals surface area contributed by atoms with Gasteiger partial charge in [-0.05, 0) is 0 Å². The van der Waals surface area contributed by atoms with Crippen LogP contribution in [-0.2, 0) is 59.8 Å². The van der Waals surface area contributed by atoms with E-state index in [1.165, 1.54) is 30.9 Å². The molecule has 0 aliphatic carbocycles. The molecular formula is C40H49N20O22P3. The van der Waals surface area contributed by atoms with Crippen LogP contribution >= 0.6 is 23.5 Å². The molecule has 456 valence electrons. The summed E-state index contributed by atoms with van der Waals surface area (Å²) in [5.74, 6) is -1.08. The zero-order chi connectivity index (χ0) is 60.0. The molecule has 0 amide bonds. The van der Waals surface area contributed by atoms with E-state index >= 15 is 0 Å². The number of nitrogens with two attached hydrogens (primary N) is 4. The van der Waals surface area contributed by atoms with E-state index in [2.05, 4.69) is 59.8 Å². The van der Waals surface area contributed by atoms with Crippen LogP contribution in [0.15, 0.2) is 44.5 Å². The SMILES string of the molecule is Nc1nc2c(ncn2C2CC(O)C(COP(=O)(O)OC3CC(n4cnc5c(=O)[nH]c(N)nc54)OC3COP(=O)(O)OC3CC(n4cnc5c(=O)[nH]c(N)nc54)OC3COP(=O)(O)OC3CC(n4cnc5c(=O)[nH]c(N)nc54)OC3CO)O2)c(=O)[nH]1. The van der Waals surface area contributed by atoms with E-state index in [9.17, 15) is 57.8 Å². The number of anilines is 4. The fourth-order valence-corrected chi connectivity index (χ4v) is 13.0. The summed E-state index contributed by atoms with van der Waals surface area (Å²) in [5, 5.41) is 21.1. The molecule has 42 nitrogen and oxygen atoms in total. The molecule has 45 heteroatoms. The molecule has 17 N–H and O–H groups in total. The van der Waals surface area contributed by atoms with Crippen LogP contribution in [0.2, 0.25) is 0 Å². The van der Waals surface area contributed by atoms with E-state index in [-0.39, 0.29) is 87.7 Å². The molecular weight excluding hydrogens is 1210 g/mol. The van der Waals surface area contributed by atoms with Gasteiger partial charge < -0.3 is 66.8 Å². The van der Waals surface area contributed by atoms with E-state index in [1.807, 2.05) is 0 Å². The Balaban J connectivity index is 0.750. The van der Waals surface area contributed by atoms with Gasteiger partial charge in [-0.2, -0.15) is 19.9 Å². The minimum absolute atomic E-state index is 0.000762. The first-order chi connectivity index (χ1) is 40.4. The van der Waals surface area contributed by atoms with Gasteiger partial charge in [0.05, 0.1) is 57.8 Å². The van der Waals surface area contributed by atoms with Crippen LogP contribution in [0, 0.1) is 0 Å². The van der Waals surface area contributed by atoms with Crippen LogP contribution in [0.3, 0.4) is 0 Å². The summed E-state index contributed by atoms with van der Waals surface area (Å²) in [6.45, 7) is -3.38. The summed E-state index contributed by atoms with van der Waals surface area (Å²) in [7, 11) is -15.9. The molecule has 0 aromatic carbocycles. The summed E-state index contributed by atoms with van der Waals surface area (Å²) in [4.78, 5) is 126. The molecule has 85 heavy (non-hydrogen) atoms. The fourth-order valence-electron chi connectivity index (χ4n) is 10.2. The summed E-state index contributed by atoms with van der Waals surface area (Å²) in [6, 6.07) is 0. The third-order valence-corrected chi connectivity index (χ3v) is 17.0. The number of hydrogen-bond donors (Lipinski definition) is 13. The third kappa shape index (κ3) is 11.6. The van der Waals surface area contributed by atoms with Crippen molar-refractivity contribution in [1.82, 2.24) is 78.1 Å². The number of aromatic nitrogens is 16. The Morgan fingerprint density at radius 1 is 0.471 bits per heavy atom. The number of aliphatic hydroxyl groups excluding tert-OH is 2. The summed E-state index contributed by atoms with van der Waals surface area (Å²) >= 11 is 0. The largest absolute Gasteiger partial charge is 0.472 e. The van der Waals surface area contributed by atoms with Crippen LogP contribution < -0.4 is 45.2 Å². The summed E-state index contributed by atoms with van der Waals surface area (Å²) in [6.07, 6.45) is -12.5. The first-order valence-corrected chi connectivity index (χ1v) is 29.6. The number of aromatic amines is 4. The molecule has 4 aliphatic heterocycles. The Kier molecular flexibility index (Phi) is 15.2. The second-order valence-corrected chi connectivity index (χ2v) is 23.8. The van der Waals surface area contributed by atoms with Crippen molar-refractivity contribution in [2.45, 2.75) is 99.4 Å². The van der Waals surface area contributed by atoms with Gasteiger partial charge >= 0.3 is 23.5 Å². The molecule has 12 heterocycles. The highest BCUT2D eigenvalue weighted by atomic mass is 31.2. The van der Waals surface area contributed by atoms with Crippen LogP contribution in [0.25, 0.3) is 44.7 Å². The van der Waals surface area contributed by atoms with Gasteiger partial charge in [0.1, 0.15) is 67.6 Å². The number of ether oxygens (including phenoxy) is 4. The molecule has 15 unspecified atom stereocenters. The van der Waals surface area contributed by atoms with Crippen molar-refractivity contribution in [2.24, 2.45) is 0 Å². The molecule has 4 saturated heterocycles. The fraction of sp³-hybridized carbons (Fsp3) is 0.500. The number of phosphoric acid groups is 3. The molecule has 8 aromatic rings. The van der Waals surface area contributed by atoms with E-state index in [4.69, 9.17) is 69.0 Å². The molecule has 4 fully saturated rings. The quantitative estimate of drug-likeness (QED) is 0.0335. The average molecular weight is 1250 g/mol. The summed E-state index contributed by atoms with van der Waals surface area (Å²) in [5.41, 5.74) is 19.6. The Hall–Kier alpha value is -7.31. The van der Waals surface area contributed by atoms with E-state index in [1.54, 1.807) is 0 Å². The molecule has 4 aliphatic rings. The van der Waals surface area contributed by atoms with Gasteiger partial charge in [-0.25, -0.2) is 33.6 Å². The number of rotatable bonds is 20. The highest BCUT2D eigenvalue weighted by Crippen LogP contribution is 2.54. The number of H-pyrrole nitrogens is 4. The molecule has 0 spiro atoms. The maximum absolute atomic E-state index is 14.1. The van der Waals surface area contributed by atoms with Gasteiger partial charge in [-0.1, -0.05) is 0 Å². The number of imidazole rings is 4. The second-order valence-electron chi connectivity index (χ2n) is 19.5. The Bertz CT molecular complexity index is 4280. The Labute approximate surface area is 469 Å². The lowest BCUT2D eigenvalue weighted by Crippen LogP contribution is -2.31. The zero-order valence-electron chi connectivity index (χ0n) is 43.1. The van der Waals surface area contributed by atoms with Crippen molar-refractivity contribution in [2.75, 3.05) is 49.4 Å². The van der Waals surface area contributed by atoms with E-state index in [0.29, 0.717) is 0 Å². The van der Waals surface area contributed by atoms with Crippen molar-refractivity contribution >= 4 is 91.9 Å². The van der Waals surface area contributed by atoms with Crippen molar-refractivity contribution in [1.29, 1.82) is 0 Å². The van der Waals surface area contributed by atoms with Crippen LogP contribution in [0.1, 0.15) is 50.6 Å². The lowest BCUT2D eigenvalue weighted by Gasteiger charge is -2.25. The monoisotopic (exact) mass is 1250 g/mol. The van der Waals surface area contributed by atoms with Crippen molar-refractivity contribution in [3.8, 4) is 0 Å². The molecule has 0 radical (unpaired) electrons. The van der Waals surface area contributed by atoms with Crippen LogP contribution in [0.5, 0.6) is 0 Å². The molecule has 0 bridgehead atoms. The number of nitrogens with zero attached hydrogens (tertiary/aromatic N) is 12. The predicted octanol–water partition coefficient (Wildman–Crippen LogP) is -3.14. The number of fused-ring (bicyclic) bond motifs is 4. The van der Waals surface area contributed by atoms with Crippen molar-refractivity contribution in [3.05, 3.63) is 66.7 Å². The van der Waals surface area contributed by atoms with Gasteiger partial charge in [0.15, 0.2) is 44.7 Å². The first-order valence-electron chi connectivity index (χ1n) is 25.2. The molecule has 8 aromatic heterocycles. The van der Waals surface area contributed by atoms with Crippen molar-refractivity contribution in [3.63, 3.8) is 0 Å². The number of phosphoric ester groups is 3. The second kappa shape index (κ2) is 22.2. The number of nitrogen functional groups attached to an aromatic ring is 4. The van der Waals surface area contributed by atoms with E-state index in [0.717, 1.165) is 12.7 Å². The number of aliphatic hydroxyl groups is 2. The maximum atomic E-state index is 14.1. The Morgan fingerprint density at radius 2 is 0.741 bits per heavy atom. The lowest BCUT2D eigenvalue weighted by molar-refractivity contribution is -0.0620. The highest BCUT2D eigenvalue weighted by Gasteiger charge is 2.49. The minimum atomic E-state index is -5.42. The average Bonchev–Trinajstić information content (AvgIpc) is 3.55. The maximum Gasteiger partial charge on any atom is 0.472 e. The molecule has 0 saturated carbocycles. The van der Waals surface area contributed by atoms with Crippen LogP contribution in [-0.4, -0.2) is 178 Å². The van der Waals surface area contributed by atoms with Gasteiger partial charge in [-0.15, -0.1) is 0 Å². The summed E-state index contributed by atoms with van der Waals surface area (Å²) < 4.78 is 104. The van der Waals surface area contributed by atoms with Crippen molar-refractivity contribution < 1.29 is 84.7 Å². The zero-order valence-corrected chi connectivity index (χ0v) is 45.8. The van der Waals surface area contributed by atoms with E-state index < -0.39 is 152 Å². The smallest absolute Gasteiger partial charge is 0.394 e. The van der Waals surface area contributed by atoms with Gasteiger partial charge in [0, 0.05) is 25.7 Å². The first kappa shape index (κ1) is 58.1. The van der Waals surface area contributed by atoms with Gasteiger partial charge in [0.2, 0.25) is 23.8 Å². The third-order valence-electron chi connectivity index (χ3n) is 14.0. The standard InChI is InChI=1S/C40H49N20O22P3/c41-37-49-29-25(33(63)53-37)45-9-57(29)21-1-13(62)18(77-21)6-73-83(67,68)81-15-3-23(59-11-47-27-31(59)51-39(43)55-35(27)65)79-20(15)8-75-85(71,72)82-16-4-24(60-12-48-28-32(60)52-40(44)56-36(28)66)78-19(16)7-74-84(69,70)80-14-2-22(76-17(14)5-61)58-10-46-26-30(58)50-38(42)54-34(26)64/h9-24,61-62H,1-8H2,(H,67,68)(H,69,70)(H,71,72)(H3,41,49,53,63)(H3,42,50,54,64)(H3,43,51,55,65)(H3,44,52,56,66). The predicted molar refractivity (Wildman–Crippen MR) is 279 cm³/mol. The molecule has 12 rings (SSSR count). The number of hydrogen-bond acceptors (Lipinski definition) is 31. The lowest BCUT2D eigenvalue weighted by atomic mass is 10.2. The van der Waals surface area contributed by atoms with Gasteiger partial charge in [-0.3, -0.25) is 84.5 Å². The minimum Gasteiger partial charge on any atom is -0.394 e. The molecule has 15 atom stereocenters. The van der Waals surface area contributed by atoms with Gasteiger partial charge in [0.25, 0.3) is 22.2 Å². The normalized spacial score (nSPS) is 28.5. The Morgan fingerprint density at radius 3 is 1.06 bits per heavy atom. The topological polar surface area (TPSA) is 603 Å². The van der Waals surface area contributed by atoms with Crippen LogP contribution in [0.4, 0.5) is 23.8 Å². The number of nitrogens with one attached hydrogen (secondary N) is 4. The highest BCUT2D eigenvalue weighted by molar-refractivity contribution is 7.48.